The molecule has 0 bridgehead atoms. The molecule has 0 spiro atoms. The van der Waals surface area contributed by atoms with Gasteiger partial charge in [-0.25, -0.2) is 15.8 Å². The summed E-state index contributed by atoms with van der Waals surface area (Å²) in [6, 6.07) is 0.600. The molecule has 3 aliphatic heterocycles. The number of aromatic nitrogens is 2. The number of thioether (sulfide) groups is 1. The van der Waals surface area contributed by atoms with Crippen molar-refractivity contribution in [2.45, 2.75) is 36.5 Å². The molecule has 0 radical (unpaired) electrons. The number of nitrogens with two attached hydrogens (primary N) is 1. The molecule has 2 unspecified atom stereocenters. The van der Waals surface area contributed by atoms with Gasteiger partial charge in [0.05, 0.1) is 12.3 Å². The zero-order chi connectivity index (χ0) is 13.5. The molecule has 4 rings (SSSR count). The second-order valence-electron chi connectivity index (χ2n) is 5.61. The van der Waals surface area contributed by atoms with Crippen molar-refractivity contribution in [2.75, 3.05) is 25.1 Å². The number of hydrazine groups is 1. The first kappa shape index (κ1) is 12.8. The van der Waals surface area contributed by atoms with Crippen LogP contribution >= 0.6 is 11.8 Å². The normalized spacial score (nSPS) is 29.2. The third-order valence-corrected chi connectivity index (χ3v) is 5.38. The van der Waals surface area contributed by atoms with E-state index < -0.39 is 0 Å². The molecular weight excluding hydrogens is 274 g/mol. The van der Waals surface area contributed by atoms with Gasteiger partial charge in [-0.15, -0.1) is 0 Å². The first-order chi connectivity index (χ1) is 9.85. The highest BCUT2D eigenvalue weighted by Crippen LogP contribution is 2.35. The molecule has 6 nitrogen and oxygen atoms in total. The van der Waals surface area contributed by atoms with Crippen molar-refractivity contribution in [1.82, 2.24) is 14.9 Å². The number of fused-ring (bicyclic) bond motifs is 2. The highest BCUT2D eigenvalue weighted by molar-refractivity contribution is 7.98. The molecule has 0 saturated carbocycles. The Bertz CT molecular complexity index is 526. The van der Waals surface area contributed by atoms with Crippen LogP contribution in [-0.4, -0.2) is 40.6 Å². The molecule has 3 N–H and O–H groups in total. The van der Waals surface area contributed by atoms with Crippen LogP contribution in [0.15, 0.2) is 0 Å². The Kier molecular flexibility index (Phi) is 3.30. The van der Waals surface area contributed by atoms with Crippen molar-refractivity contribution in [1.29, 1.82) is 0 Å². The third-order valence-electron chi connectivity index (χ3n) is 4.41. The number of morpholine rings is 1. The topological polar surface area (TPSA) is 76.3 Å². The number of hydrogen-bond donors (Lipinski definition) is 2. The molecule has 2 fully saturated rings. The molecule has 2 atom stereocenters. The molecule has 0 aliphatic carbocycles. The van der Waals surface area contributed by atoms with Gasteiger partial charge in [-0.2, -0.15) is 11.8 Å². The van der Waals surface area contributed by atoms with E-state index >= 15 is 0 Å². The van der Waals surface area contributed by atoms with Crippen molar-refractivity contribution >= 4 is 17.6 Å². The minimum Gasteiger partial charge on any atom is -0.367 e. The summed E-state index contributed by atoms with van der Waals surface area (Å²) in [4.78, 5) is 11.8. The number of rotatable bonds is 2. The monoisotopic (exact) mass is 293 g/mol. The smallest absolute Gasteiger partial charge is 0.161 e. The number of hydrogen-bond acceptors (Lipinski definition) is 7. The minimum atomic E-state index is -0.0210. The predicted molar refractivity (Wildman–Crippen MR) is 78.1 cm³/mol. The van der Waals surface area contributed by atoms with Gasteiger partial charge in [0.1, 0.15) is 11.9 Å². The van der Waals surface area contributed by atoms with Crippen LogP contribution in [0.1, 0.15) is 36.0 Å². The van der Waals surface area contributed by atoms with E-state index in [0.717, 1.165) is 47.6 Å². The maximum atomic E-state index is 6.00. The summed E-state index contributed by atoms with van der Waals surface area (Å²) in [5.74, 6) is 9.04. The molecule has 7 heteroatoms. The fourth-order valence-corrected chi connectivity index (χ4v) is 4.35. The molecule has 0 amide bonds. The van der Waals surface area contributed by atoms with Gasteiger partial charge in [0.15, 0.2) is 5.82 Å². The van der Waals surface area contributed by atoms with Crippen LogP contribution in [0.4, 0.5) is 5.82 Å². The lowest BCUT2D eigenvalue weighted by Crippen LogP contribution is -2.43. The Balaban J connectivity index is 1.62. The molecule has 0 aromatic carbocycles. The van der Waals surface area contributed by atoms with Gasteiger partial charge in [-0.1, -0.05) is 0 Å². The van der Waals surface area contributed by atoms with Gasteiger partial charge >= 0.3 is 0 Å². The van der Waals surface area contributed by atoms with Crippen LogP contribution < -0.4 is 11.3 Å². The lowest BCUT2D eigenvalue weighted by molar-refractivity contribution is -0.0541. The number of nitrogen functional groups attached to an aromatic ring is 1. The van der Waals surface area contributed by atoms with Crippen LogP contribution in [0.25, 0.3) is 0 Å². The maximum absolute atomic E-state index is 6.00. The Hall–Kier alpha value is -0.890. The lowest BCUT2D eigenvalue weighted by atomic mass is 10.1. The zero-order valence-corrected chi connectivity index (χ0v) is 12.2. The van der Waals surface area contributed by atoms with E-state index in [2.05, 4.69) is 15.3 Å². The predicted octanol–water partition coefficient (Wildman–Crippen LogP) is 1.04. The average Bonchev–Trinajstić information content (AvgIpc) is 3.13. The van der Waals surface area contributed by atoms with E-state index in [9.17, 15) is 0 Å². The Labute approximate surface area is 122 Å². The second-order valence-corrected chi connectivity index (χ2v) is 6.59. The zero-order valence-electron chi connectivity index (χ0n) is 11.3. The summed E-state index contributed by atoms with van der Waals surface area (Å²) in [6.07, 6.45) is 2.51. The van der Waals surface area contributed by atoms with E-state index in [1.165, 1.54) is 19.4 Å². The summed E-state index contributed by atoms with van der Waals surface area (Å²) in [5, 5.41) is 0. The van der Waals surface area contributed by atoms with Gasteiger partial charge < -0.3 is 10.2 Å². The van der Waals surface area contributed by atoms with Crippen molar-refractivity contribution in [2.24, 2.45) is 5.84 Å². The lowest BCUT2D eigenvalue weighted by Gasteiger charge is -2.34. The number of nitrogens with one attached hydrogen (secondary N) is 1. The molecular formula is C13H19N5OS. The number of nitrogens with zero attached hydrogens (tertiary/aromatic N) is 3. The largest absolute Gasteiger partial charge is 0.367 e. The summed E-state index contributed by atoms with van der Waals surface area (Å²) >= 11 is 1.85. The summed E-state index contributed by atoms with van der Waals surface area (Å²) in [6.45, 7) is 2.87. The molecule has 4 heterocycles. The minimum absolute atomic E-state index is 0.0210. The first-order valence-corrected chi connectivity index (χ1v) is 8.30. The van der Waals surface area contributed by atoms with Crippen molar-refractivity contribution in [3.63, 3.8) is 0 Å². The second kappa shape index (κ2) is 5.14. The molecule has 1 aromatic rings. The third kappa shape index (κ3) is 2.09. The molecule has 2 saturated heterocycles. The quantitative estimate of drug-likeness (QED) is 0.623. The van der Waals surface area contributed by atoms with E-state index in [-0.39, 0.29) is 6.10 Å². The highest BCUT2D eigenvalue weighted by Gasteiger charge is 2.34. The van der Waals surface area contributed by atoms with Gasteiger partial charge in [0.2, 0.25) is 0 Å². The first-order valence-electron chi connectivity index (χ1n) is 7.15. The summed E-state index contributed by atoms with van der Waals surface area (Å²) < 4.78 is 6.00. The number of ether oxygens (including phenoxy) is 1. The number of anilines is 1. The molecule has 20 heavy (non-hydrogen) atoms. The van der Waals surface area contributed by atoms with Gasteiger partial charge in [-0.3, -0.25) is 4.90 Å². The van der Waals surface area contributed by atoms with Crippen molar-refractivity contribution < 1.29 is 4.74 Å². The Morgan fingerprint density at radius 1 is 1.35 bits per heavy atom. The van der Waals surface area contributed by atoms with Crippen LogP contribution in [-0.2, 0) is 16.2 Å². The molecule has 3 aliphatic rings. The SMILES string of the molecule is NNc1nc(C2CN3CCCC3CO2)nc2c1CSC2. The van der Waals surface area contributed by atoms with Crippen LogP contribution in [0, 0.1) is 0 Å². The maximum Gasteiger partial charge on any atom is 0.161 e. The molecule has 1 aromatic heterocycles. The van der Waals surface area contributed by atoms with Crippen molar-refractivity contribution in [3.05, 3.63) is 17.1 Å². The van der Waals surface area contributed by atoms with Crippen molar-refractivity contribution in [3.8, 4) is 0 Å². The summed E-state index contributed by atoms with van der Waals surface area (Å²) in [7, 11) is 0. The standard InChI is InChI=1S/C13H19N5OS/c14-17-12-9-6-20-7-10(9)15-13(16-12)11-4-18-3-1-2-8(18)5-19-11/h8,11H,1-7,14H2,(H,15,16,17). The van der Waals surface area contributed by atoms with Gasteiger partial charge in [0, 0.05) is 29.7 Å². The fraction of sp³-hybridized carbons (Fsp3) is 0.692. The van der Waals surface area contributed by atoms with E-state index in [4.69, 9.17) is 15.6 Å². The van der Waals surface area contributed by atoms with E-state index in [0.29, 0.717) is 6.04 Å². The Morgan fingerprint density at radius 2 is 2.30 bits per heavy atom. The van der Waals surface area contributed by atoms with Crippen LogP contribution in [0.5, 0.6) is 0 Å². The van der Waals surface area contributed by atoms with Crippen LogP contribution in [0.2, 0.25) is 0 Å². The van der Waals surface area contributed by atoms with Gasteiger partial charge in [0.25, 0.3) is 0 Å². The Morgan fingerprint density at radius 3 is 3.20 bits per heavy atom. The van der Waals surface area contributed by atoms with E-state index in [1.54, 1.807) is 0 Å². The summed E-state index contributed by atoms with van der Waals surface area (Å²) in [5.41, 5.74) is 4.98. The highest BCUT2D eigenvalue weighted by atomic mass is 32.2. The fourth-order valence-electron chi connectivity index (χ4n) is 3.31. The van der Waals surface area contributed by atoms with Gasteiger partial charge in [-0.05, 0) is 19.4 Å². The molecule has 108 valence electrons. The average molecular weight is 293 g/mol. The van der Waals surface area contributed by atoms with E-state index in [1.807, 2.05) is 11.8 Å². The van der Waals surface area contributed by atoms with Crippen LogP contribution in [0.3, 0.4) is 0 Å².